The van der Waals surface area contributed by atoms with Gasteiger partial charge in [0.25, 0.3) is 0 Å². The van der Waals surface area contributed by atoms with Gasteiger partial charge in [0.15, 0.2) is 0 Å². The largest absolute Gasteiger partial charge is 0.342 e. The molecule has 4 nitrogen and oxygen atoms in total. The number of nitrogens with one attached hydrogen (secondary N) is 1. The number of piperidine rings is 1. The Balaban J connectivity index is 1.74. The van der Waals surface area contributed by atoms with E-state index in [2.05, 4.69) is 21.3 Å². The van der Waals surface area contributed by atoms with Gasteiger partial charge in [0, 0.05) is 44.5 Å². The normalized spacial score (nSPS) is 27.5. The zero-order chi connectivity index (χ0) is 13.1. The third-order valence-corrected chi connectivity index (χ3v) is 4.31. The third kappa shape index (κ3) is 2.63. The zero-order valence-electron chi connectivity index (χ0n) is 11.2. The molecule has 0 bridgehead atoms. The maximum Gasteiger partial charge on any atom is 0.227 e. The van der Waals surface area contributed by atoms with Gasteiger partial charge in [-0.25, -0.2) is 0 Å². The summed E-state index contributed by atoms with van der Waals surface area (Å²) in [7, 11) is 0. The van der Waals surface area contributed by atoms with Gasteiger partial charge < -0.3 is 10.2 Å². The Hall–Kier alpha value is -1.42. The lowest BCUT2D eigenvalue weighted by molar-refractivity contribution is -0.136. The van der Waals surface area contributed by atoms with E-state index in [1.807, 2.05) is 12.3 Å². The highest BCUT2D eigenvalue weighted by molar-refractivity contribution is 5.80. The van der Waals surface area contributed by atoms with Gasteiger partial charge in [0.1, 0.15) is 0 Å². The van der Waals surface area contributed by atoms with E-state index in [9.17, 15) is 4.79 Å². The Morgan fingerprint density at radius 3 is 2.84 bits per heavy atom. The van der Waals surface area contributed by atoms with Crippen LogP contribution in [0.4, 0.5) is 0 Å². The van der Waals surface area contributed by atoms with Crippen molar-refractivity contribution in [1.29, 1.82) is 0 Å². The van der Waals surface area contributed by atoms with Crippen molar-refractivity contribution >= 4 is 5.91 Å². The SMILES string of the molecule is O=C([C@@H]1CNC[C@H]1c1cccnc1)N1CCCCC1. The number of nitrogens with zero attached hydrogens (tertiary/aromatic N) is 2. The fourth-order valence-corrected chi connectivity index (χ4v) is 3.23. The van der Waals surface area contributed by atoms with Crippen molar-refractivity contribution in [1.82, 2.24) is 15.2 Å². The van der Waals surface area contributed by atoms with Crippen LogP contribution >= 0.6 is 0 Å². The minimum Gasteiger partial charge on any atom is -0.342 e. The number of aromatic nitrogens is 1. The van der Waals surface area contributed by atoms with E-state index in [0.717, 1.165) is 39.0 Å². The zero-order valence-corrected chi connectivity index (χ0v) is 11.2. The van der Waals surface area contributed by atoms with E-state index in [1.54, 1.807) is 6.20 Å². The van der Waals surface area contributed by atoms with Crippen LogP contribution in [0.15, 0.2) is 24.5 Å². The Kier molecular flexibility index (Phi) is 3.78. The number of carbonyl (C=O) groups is 1. The molecule has 1 aromatic rings. The van der Waals surface area contributed by atoms with Gasteiger partial charge in [-0.15, -0.1) is 0 Å². The van der Waals surface area contributed by atoms with Gasteiger partial charge in [0.2, 0.25) is 5.91 Å². The van der Waals surface area contributed by atoms with Crippen molar-refractivity contribution in [2.45, 2.75) is 25.2 Å². The van der Waals surface area contributed by atoms with Gasteiger partial charge in [-0.05, 0) is 30.9 Å². The van der Waals surface area contributed by atoms with Gasteiger partial charge in [-0.3, -0.25) is 9.78 Å². The first-order valence-corrected chi connectivity index (χ1v) is 7.25. The average Bonchev–Trinajstić information content (AvgIpc) is 2.98. The highest BCUT2D eigenvalue weighted by atomic mass is 16.2. The van der Waals surface area contributed by atoms with Crippen LogP contribution in [-0.4, -0.2) is 42.0 Å². The number of amides is 1. The van der Waals surface area contributed by atoms with Crippen LogP contribution in [0.25, 0.3) is 0 Å². The van der Waals surface area contributed by atoms with E-state index in [-0.39, 0.29) is 11.8 Å². The van der Waals surface area contributed by atoms with Crippen LogP contribution in [-0.2, 0) is 4.79 Å². The molecule has 0 aromatic carbocycles. The second-order valence-corrected chi connectivity index (χ2v) is 5.54. The van der Waals surface area contributed by atoms with Crippen molar-refractivity contribution in [3.63, 3.8) is 0 Å². The lowest BCUT2D eigenvalue weighted by atomic mass is 9.88. The molecule has 3 rings (SSSR count). The first kappa shape index (κ1) is 12.6. The third-order valence-electron chi connectivity index (χ3n) is 4.31. The molecule has 0 aliphatic carbocycles. The predicted molar refractivity (Wildman–Crippen MR) is 73.8 cm³/mol. The van der Waals surface area contributed by atoms with Crippen molar-refractivity contribution in [2.24, 2.45) is 5.92 Å². The molecule has 1 amide bonds. The Labute approximate surface area is 114 Å². The van der Waals surface area contributed by atoms with E-state index >= 15 is 0 Å². The number of likely N-dealkylation sites (tertiary alicyclic amines) is 1. The molecule has 1 aromatic heterocycles. The standard InChI is InChI=1S/C15H21N3O/c19-15(18-7-2-1-3-8-18)14-11-17-10-13(14)12-5-4-6-16-9-12/h4-6,9,13-14,17H,1-3,7-8,10-11H2/t13-,14+/m0/s1. The fourth-order valence-electron chi connectivity index (χ4n) is 3.23. The molecule has 3 heterocycles. The van der Waals surface area contributed by atoms with Gasteiger partial charge in [-0.1, -0.05) is 6.07 Å². The second kappa shape index (κ2) is 5.70. The second-order valence-electron chi connectivity index (χ2n) is 5.54. The summed E-state index contributed by atoms with van der Waals surface area (Å²) < 4.78 is 0. The molecule has 1 N–H and O–H groups in total. The first-order valence-electron chi connectivity index (χ1n) is 7.25. The van der Waals surface area contributed by atoms with Crippen molar-refractivity contribution in [3.05, 3.63) is 30.1 Å². The molecular formula is C15H21N3O. The molecule has 2 aliphatic rings. The molecule has 0 radical (unpaired) electrons. The van der Waals surface area contributed by atoms with Crippen molar-refractivity contribution in [2.75, 3.05) is 26.2 Å². The molecule has 2 fully saturated rings. The molecule has 0 spiro atoms. The molecule has 2 atom stereocenters. The molecule has 4 heteroatoms. The summed E-state index contributed by atoms with van der Waals surface area (Å²) in [5.74, 6) is 0.698. The maximum atomic E-state index is 12.6. The fraction of sp³-hybridized carbons (Fsp3) is 0.600. The summed E-state index contributed by atoms with van der Waals surface area (Å²) in [6.07, 6.45) is 7.26. The van der Waals surface area contributed by atoms with E-state index in [1.165, 1.54) is 12.0 Å². The van der Waals surface area contributed by atoms with E-state index in [0.29, 0.717) is 5.91 Å². The summed E-state index contributed by atoms with van der Waals surface area (Å²) in [6, 6.07) is 4.04. The van der Waals surface area contributed by atoms with Crippen molar-refractivity contribution < 1.29 is 4.79 Å². The maximum absolute atomic E-state index is 12.6. The predicted octanol–water partition coefficient (Wildman–Crippen LogP) is 1.40. The van der Waals surface area contributed by atoms with Crippen molar-refractivity contribution in [3.8, 4) is 0 Å². The number of hydrogen-bond donors (Lipinski definition) is 1. The molecule has 19 heavy (non-hydrogen) atoms. The lowest BCUT2D eigenvalue weighted by Gasteiger charge is -2.30. The van der Waals surface area contributed by atoms with E-state index in [4.69, 9.17) is 0 Å². The quantitative estimate of drug-likeness (QED) is 0.873. The molecule has 0 unspecified atom stereocenters. The van der Waals surface area contributed by atoms with Crippen LogP contribution in [0.1, 0.15) is 30.7 Å². The summed E-state index contributed by atoms with van der Waals surface area (Å²) >= 11 is 0. The number of carbonyl (C=O) groups excluding carboxylic acids is 1. The van der Waals surface area contributed by atoms with Crippen LogP contribution in [0.2, 0.25) is 0 Å². The van der Waals surface area contributed by atoms with Gasteiger partial charge in [0.05, 0.1) is 5.92 Å². The topological polar surface area (TPSA) is 45.2 Å². The summed E-state index contributed by atoms with van der Waals surface area (Å²) in [4.78, 5) is 18.9. The number of hydrogen-bond acceptors (Lipinski definition) is 3. The number of pyridine rings is 1. The van der Waals surface area contributed by atoms with Crippen LogP contribution in [0.5, 0.6) is 0 Å². The molecule has 2 aliphatic heterocycles. The highest BCUT2D eigenvalue weighted by Crippen LogP contribution is 2.29. The molecule has 102 valence electrons. The van der Waals surface area contributed by atoms with Crippen LogP contribution in [0, 0.1) is 5.92 Å². The smallest absolute Gasteiger partial charge is 0.227 e. The average molecular weight is 259 g/mol. The Morgan fingerprint density at radius 2 is 2.11 bits per heavy atom. The minimum atomic E-state index is 0.0855. The van der Waals surface area contributed by atoms with Crippen LogP contribution in [0.3, 0.4) is 0 Å². The summed E-state index contributed by atoms with van der Waals surface area (Å²) in [5.41, 5.74) is 1.18. The monoisotopic (exact) mass is 259 g/mol. The van der Waals surface area contributed by atoms with Crippen LogP contribution < -0.4 is 5.32 Å². The molecule has 2 saturated heterocycles. The minimum absolute atomic E-state index is 0.0855. The first-order chi connectivity index (χ1) is 9.36. The lowest BCUT2D eigenvalue weighted by Crippen LogP contribution is -2.41. The van der Waals surface area contributed by atoms with Gasteiger partial charge in [-0.2, -0.15) is 0 Å². The Bertz CT molecular complexity index is 428. The summed E-state index contributed by atoms with van der Waals surface area (Å²) in [5, 5.41) is 3.37. The molecular weight excluding hydrogens is 238 g/mol. The number of rotatable bonds is 2. The van der Waals surface area contributed by atoms with E-state index < -0.39 is 0 Å². The Morgan fingerprint density at radius 1 is 1.26 bits per heavy atom. The summed E-state index contributed by atoms with van der Waals surface area (Å²) in [6.45, 7) is 3.56. The van der Waals surface area contributed by atoms with Gasteiger partial charge >= 0.3 is 0 Å². The highest BCUT2D eigenvalue weighted by Gasteiger charge is 2.36. The molecule has 0 saturated carbocycles.